The summed E-state index contributed by atoms with van der Waals surface area (Å²) >= 11 is 0. The van der Waals surface area contributed by atoms with Crippen LogP contribution in [0.25, 0.3) is 0 Å². The number of nitrogens with zero attached hydrogens (tertiary/aromatic N) is 1. The molecule has 0 aromatic carbocycles. The van der Waals surface area contributed by atoms with Gasteiger partial charge in [0, 0.05) is 25.4 Å². The molecule has 0 radical (unpaired) electrons. The Hall–Kier alpha value is -0.790. The van der Waals surface area contributed by atoms with Crippen LogP contribution in [-0.2, 0) is 4.79 Å². The Balaban J connectivity index is 3.24. The molecule has 0 aliphatic carbocycles. The van der Waals surface area contributed by atoms with E-state index in [1.54, 1.807) is 0 Å². The fourth-order valence-corrected chi connectivity index (χ4v) is 2.29. The lowest BCUT2D eigenvalue weighted by molar-refractivity contribution is -0.104. The van der Waals surface area contributed by atoms with Crippen LogP contribution < -0.4 is 0 Å². The summed E-state index contributed by atoms with van der Waals surface area (Å²) in [5.41, 5.74) is 0.801. The third-order valence-electron chi connectivity index (χ3n) is 3.47. The number of carbonyl (C=O) groups is 1. The number of unbranched alkanes of at least 4 members (excludes halogenated alkanes) is 9. The topological polar surface area (TPSA) is 20.3 Å². The molecule has 0 fully saturated rings. The molecule has 2 nitrogen and oxygen atoms in total. The molecule has 0 N–H and O–H groups in total. The van der Waals surface area contributed by atoms with E-state index >= 15 is 0 Å². The largest absolute Gasteiger partial charge is 0.380 e. The van der Waals surface area contributed by atoms with Crippen LogP contribution in [0.1, 0.15) is 78.1 Å². The van der Waals surface area contributed by atoms with E-state index in [4.69, 9.17) is 0 Å². The molecule has 0 aliphatic heterocycles. The summed E-state index contributed by atoms with van der Waals surface area (Å²) in [5.74, 6) is 0. The van der Waals surface area contributed by atoms with Gasteiger partial charge in [-0.25, -0.2) is 0 Å². The second-order valence-corrected chi connectivity index (χ2v) is 5.65. The zero-order valence-electron chi connectivity index (χ0n) is 13.3. The zero-order valence-corrected chi connectivity index (χ0v) is 13.3. The van der Waals surface area contributed by atoms with E-state index in [0.29, 0.717) is 0 Å². The van der Waals surface area contributed by atoms with E-state index in [1.165, 1.54) is 64.2 Å². The predicted molar refractivity (Wildman–Crippen MR) is 84.3 cm³/mol. The maximum atomic E-state index is 10.5. The molecule has 0 aromatic heterocycles. The number of aldehydes is 1. The van der Waals surface area contributed by atoms with Gasteiger partial charge in [-0.15, -0.1) is 0 Å². The van der Waals surface area contributed by atoms with Gasteiger partial charge in [-0.05, 0) is 13.3 Å². The van der Waals surface area contributed by atoms with E-state index in [0.717, 1.165) is 18.4 Å². The molecule has 0 rings (SSSR count). The molecule has 0 aromatic rings. The highest BCUT2D eigenvalue weighted by Gasteiger charge is 1.95. The molecule has 19 heavy (non-hydrogen) atoms. The van der Waals surface area contributed by atoms with Crippen molar-refractivity contribution in [3.05, 3.63) is 11.8 Å². The summed E-state index contributed by atoms with van der Waals surface area (Å²) in [6, 6.07) is 0. The van der Waals surface area contributed by atoms with Gasteiger partial charge < -0.3 is 4.90 Å². The highest BCUT2D eigenvalue weighted by atomic mass is 16.1. The molecule has 0 bridgehead atoms. The fraction of sp³-hybridized carbons (Fsp3) is 0.824. The molecular weight excluding hydrogens is 234 g/mol. The molecule has 0 saturated carbocycles. The molecule has 0 saturated heterocycles. The molecule has 0 spiro atoms. The van der Waals surface area contributed by atoms with Crippen molar-refractivity contribution < 1.29 is 4.79 Å². The summed E-state index contributed by atoms with van der Waals surface area (Å²) in [6.45, 7) is 5.17. The smallest absolute Gasteiger partial charge is 0.147 e. The third kappa shape index (κ3) is 13.4. The van der Waals surface area contributed by atoms with Crippen molar-refractivity contribution in [3.63, 3.8) is 0 Å². The Labute approximate surface area is 120 Å². The monoisotopic (exact) mass is 267 g/mol. The number of carbonyl (C=O) groups excluding carboxylic acids is 1. The van der Waals surface area contributed by atoms with Crippen LogP contribution in [0, 0.1) is 0 Å². The van der Waals surface area contributed by atoms with Crippen molar-refractivity contribution in [1.29, 1.82) is 0 Å². The molecule has 0 unspecified atom stereocenters. The molecule has 2 heteroatoms. The Bertz CT molecular complexity index is 235. The van der Waals surface area contributed by atoms with Gasteiger partial charge in [0.2, 0.25) is 0 Å². The van der Waals surface area contributed by atoms with Gasteiger partial charge in [0.05, 0.1) is 0 Å². The van der Waals surface area contributed by atoms with E-state index in [1.807, 2.05) is 20.2 Å². The number of hydrogen-bond acceptors (Lipinski definition) is 2. The summed E-state index contributed by atoms with van der Waals surface area (Å²) in [4.78, 5) is 12.6. The van der Waals surface area contributed by atoms with Crippen molar-refractivity contribution in [2.24, 2.45) is 0 Å². The first-order chi connectivity index (χ1) is 9.20. The minimum atomic E-state index is 0.801. The maximum Gasteiger partial charge on any atom is 0.147 e. The van der Waals surface area contributed by atoms with Crippen molar-refractivity contribution in [3.8, 4) is 0 Å². The maximum absolute atomic E-state index is 10.5. The van der Waals surface area contributed by atoms with Gasteiger partial charge in [-0.1, -0.05) is 64.7 Å². The standard InChI is InChI=1S/C17H33NO/c1-4-5-6-7-8-9-10-11-12-13-14-18(3)15-17(2)16-19/h15-16H,4-14H2,1-3H3. The average molecular weight is 267 g/mol. The normalized spacial score (nSPS) is 11.6. The second-order valence-electron chi connectivity index (χ2n) is 5.65. The highest BCUT2D eigenvalue weighted by molar-refractivity contribution is 5.71. The van der Waals surface area contributed by atoms with Gasteiger partial charge in [-0.2, -0.15) is 0 Å². The zero-order chi connectivity index (χ0) is 14.3. The predicted octanol–water partition coefficient (Wildman–Crippen LogP) is 4.94. The van der Waals surface area contributed by atoms with Crippen LogP contribution in [0.15, 0.2) is 11.8 Å². The minimum absolute atomic E-state index is 0.801. The fourth-order valence-electron chi connectivity index (χ4n) is 2.29. The van der Waals surface area contributed by atoms with Crippen molar-refractivity contribution in [2.75, 3.05) is 13.6 Å². The first kappa shape index (κ1) is 18.2. The first-order valence-corrected chi connectivity index (χ1v) is 8.04. The lowest BCUT2D eigenvalue weighted by Gasteiger charge is -2.14. The van der Waals surface area contributed by atoms with Crippen LogP contribution in [0.3, 0.4) is 0 Å². The van der Waals surface area contributed by atoms with Crippen LogP contribution in [-0.4, -0.2) is 24.8 Å². The summed E-state index contributed by atoms with van der Waals surface area (Å²) in [5, 5.41) is 0. The second kappa shape index (κ2) is 13.6. The van der Waals surface area contributed by atoms with E-state index in [-0.39, 0.29) is 0 Å². The summed E-state index contributed by atoms with van der Waals surface area (Å²) in [7, 11) is 2.04. The third-order valence-corrected chi connectivity index (χ3v) is 3.47. The average Bonchev–Trinajstić information content (AvgIpc) is 2.40. The van der Waals surface area contributed by atoms with Crippen molar-refractivity contribution >= 4 is 6.29 Å². The summed E-state index contributed by atoms with van der Waals surface area (Å²) < 4.78 is 0. The van der Waals surface area contributed by atoms with Crippen LogP contribution in [0.2, 0.25) is 0 Å². The first-order valence-electron chi connectivity index (χ1n) is 8.04. The lowest BCUT2D eigenvalue weighted by atomic mass is 10.1. The van der Waals surface area contributed by atoms with Crippen LogP contribution >= 0.6 is 0 Å². The minimum Gasteiger partial charge on any atom is -0.380 e. The Morgan fingerprint density at radius 2 is 1.37 bits per heavy atom. The Kier molecular flexibility index (Phi) is 13.1. The van der Waals surface area contributed by atoms with Gasteiger partial charge in [0.15, 0.2) is 0 Å². The Morgan fingerprint density at radius 3 is 1.84 bits per heavy atom. The number of allylic oxidation sites excluding steroid dienone is 1. The van der Waals surface area contributed by atoms with Gasteiger partial charge in [0.25, 0.3) is 0 Å². The highest BCUT2D eigenvalue weighted by Crippen LogP contribution is 2.10. The molecule has 0 aliphatic rings. The van der Waals surface area contributed by atoms with Crippen molar-refractivity contribution in [2.45, 2.75) is 78.1 Å². The van der Waals surface area contributed by atoms with Gasteiger partial charge in [0.1, 0.15) is 6.29 Å². The van der Waals surface area contributed by atoms with Gasteiger partial charge in [-0.3, -0.25) is 4.79 Å². The van der Waals surface area contributed by atoms with Gasteiger partial charge >= 0.3 is 0 Å². The van der Waals surface area contributed by atoms with E-state index in [2.05, 4.69) is 11.8 Å². The van der Waals surface area contributed by atoms with Crippen LogP contribution in [0.5, 0.6) is 0 Å². The Morgan fingerprint density at radius 1 is 0.895 bits per heavy atom. The van der Waals surface area contributed by atoms with E-state index in [9.17, 15) is 4.79 Å². The van der Waals surface area contributed by atoms with E-state index < -0.39 is 0 Å². The number of hydrogen-bond donors (Lipinski definition) is 0. The molecule has 0 heterocycles. The quantitative estimate of drug-likeness (QED) is 0.267. The molecule has 112 valence electrons. The van der Waals surface area contributed by atoms with Crippen LogP contribution in [0.4, 0.5) is 0 Å². The SMILES string of the molecule is CCCCCCCCCCCCN(C)C=C(C)C=O. The molecule has 0 atom stereocenters. The molecular formula is C17H33NO. The molecule has 0 amide bonds. The lowest BCUT2D eigenvalue weighted by Crippen LogP contribution is -2.13. The van der Waals surface area contributed by atoms with Crippen molar-refractivity contribution in [1.82, 2.24) is 4.90 Å². The summed E-state index contributed by atoms with van der Waals surface area (Å²) in [6.07, 6.45) is 16.5. The number of rotatable bonds is 13.